The van der Waals surface area contributed by atoms with Gasteiger partial charge in [-0.25, -0.2) is 0 Å². The fourth-order valence-electron chi connectivity index (χ4n) is 1.13. The van der Waals surface area contributed by atoms with Crippen LogP contribution in [0.3, 0.4) is 0 Å². The molecule has 0 aromatic rings. The lowest BCUT2D eigenvalue weighted by Crippen LogP contribution is -2.51. The van der Waals surface area contributed by atoms with Gasteiger partial charge in [0, 0.05) is 0 Å². The van der Waals surface area contributed by atoms with Crippen molar-refractivity contribution in [3.05, 3.63) is 38.0 Å². The van der Waals surface area contributed by atoms with Crippen molar-refractivity contribution in [3.8, 4) is 0 Å². The molecule has 1 atom stereocenters. The highest BCUT2D eigenvalue weighted by molar-refractivity contribution is 4.77. The van der Waals surface area contributed by atoms with Crippen molar-refractivity contribution in [2.75, 3.05) is 20.1 Å². The van der Waals surface area contributed by atoms with E-state index in [4.69, 9.17) is 0 Å². The first-order chi connectivity index (χ1) is 5.60. The van der Waals surface area contributed by atoms with E-state index in [-0.39, 0.29) is 0 Å². The number of aliphatic hydroxyl groups excluding tert-OH is 1. The van der Waals surface area contributed by atoms with Crippen LogP contribution < -0.4 is 0 Å². The van der Waals surface area contributed by atoms with Crippen LogP contribution in [0.25, 0.3) is 0 Å². The second-order valence-electron chi connectivity index (χ2n) is 3.07. The van der Waals surface area contributed by atoms with Gasteiger partial charge in [0.25, 0.3) is 0 Å². The van der Waals surface area contributed by atoms with E-state index >= 15 is 0 Å². The Balaban J connectivity index is 4.45. The molecule has 0 aliphatic carbocycles. The third kappa shape index (κ3) is 2.64. The summed E-state index contributed by atoms with van der Waals surface area (Å²) in [6, 6.07) is 0. The van der Waals surface area contributed by atoms with Crippen LogP contribution in [0.15, 0.2) is 38.0 Å². The standard InChI is InChI=1S/C10H18NO/c1-5-8-11(4,9-6-2)10(12)7-3/h5-7,10,12H,1-3,8-9H2,4H3/q+1. The molecule has 0 spiro atoms. The minimum Gasteiger partial charge on any atom is -0.341 e. The van der Waals surface area contributed by atoms with Crippen LogP contribution in [-0.4, -0.2) is 36.0 Å². The molecule has 12 heavy (non-hydrogen) atoms. The smallest absolute Gasteiger partial charge is 0.210 e. The van der Waals surface area contributed by atoms with Gasteiger partial charge < -0.3 is 5.11 Å². The van der Waals surface area contributed by atoms with E-state index in [1.54, 1.807) is 12.2 Å². The summed E-state index contributed by atoms with van der Waals surface area (Å²) in [6.45, 7) is 12.3. The molecule has 0 aromatic heterocycles. The molecule has 2 heteroatoms. The molecule has 0 fully saturated rings. The number of quaternary nitrogens is 1. The lowest BCUT2D eigenvalue weighted by Gasteiger charge is -2.35. The molecule has 0 bridgehead atoms. The molecule has 0 saturated heterocycles. The third-order valence-electron chi connectivity index (χ3n) is 1.94. The zero-order valence-corrected chi connectivity index (χ0v) is 7.74. The molecule has 0 radical (unpaired) electrons. The van der Waals surface area contributed by atoms with E-state index in [1.165, 1.54) is 6.08 Å². The quantitative estimate of drug-likeness (QED) is 0.360. The van der Waals surface area contributed by atoms with Gasteiger partial charge in [0.05, 0.1) is 20.1 Å². The second kappa shape index (κ2) is 4.91. The maximum absolute atomic E-state index is 9.60. The fraction of sp³-hybridized carbons (Fsp3) is 0.400. The van der Waals surface area contributed by atoms with Gasteiger partial charge >= 0.3 is 0 Å². The van der Waals surface area contributed by atoms with Crippen LogP contribution in [-0.2, 0) is 0 Å². The van der Waals surface area contributed by atoms with Gasteiger partial charge in [-0.1, -0.05) is 19.7 Å². The number of nitrogens with zero attached hydrogens (tertiary/aromatic N) is 1. The summed E-state index contributed by atoms with van der Waals surface area (Å²) in [4.78, 5) is 0. The van der Waals surface area contributed by atoms with Crippen LogP contribution in [0, 0.1) is 0 Å². The van der Waals surface area contributed by atoms with Crippen molar-refractivity contribution in [2.24, 2.45) is 0 Å². The summed E-state index contributed by atoms with van der Waals surface area (Å²) in [5, 5.41) is 9.60. The Labute approximate surface area is 74.7 Å². The Morgan fingerprint density at radius 3 is 1.92 bits per heavy atom. The third-order valence-corrected chi connectivity index (χ3v) is 1.94. The summed E-state index contributed by atoms with van der Waals surface area (Å²) in [7, 11) is 1.94. The van der Waals surface area contributed by atoms with Crippen molar-refractivity contribution < 1.29 is 9.59 Å². The first-order valence-corrected chi connectivity index (χ1v) is 3.97. The van der Waals surface area contributed by atoms with E-state index in [9.17, 15) is 5.11 Å². The van der Waals surface area contributed by atoms with Gasteiger partial charge in [-0.3, -0.25) is 4.48 Å². The zero-order chi connectivity index (χ0) is 9.61. The highest BCUT2D eigenvalue weighted by Crippen LogP contribution is 2.09. The van der Waals surface area contributed by atoms with Gasteiger partial charge in [-0.2, -0.15) is 0 Å². The molecule has 1 N–H and O–H groups in total. The first kappa shape index (κ1) is 11.1. The largest absolute Gasteiger partial charge is 0.341 e. The van der Waals surface area contributed by atoms with Crippen LogP contribution >= 0.6 is 0 Å². The Hall–Kier alpha value is -0.860. The number of aliphatic hydroxyl groups is 1. The molecule has 2 nitrogen and oxygen atoms in total. The van der Waals surface area contributed by atoms with Crippen molar-refractivity contribution >= 4 is 0 Å². The molecule has 1 unspecified atom stereocenters. The average Bonchev–Trinajstić information content (AvgIpc) is 2.04. The van der Waals surface area contributed by atoms with E-state index in [0.29, 0.717) is 17.6 Å². The lowest BCUT2D eigenvalue weighted by molar-refractivity contribution is -0.936. The normalized spacial score (nSPS) is 13.5. The van der Waals surface area contributed by atoms with Crippen molar-refractivity contribution in [1.29, 1.82) is 0 Å². The molecule has 68 valence electrons. The number of hydrogen-bond acceptors (Lipinski definition) is 1. The monoisotopic (exact) mass is 168 g/mol. The van der Waals surface area contributed by atoms with Crippen LogP contribution in [0.5, 0.6) is 0 Å². The summed E-state index contributed by atoms with van der Waals surface area (Å²) < 4.78 is 0.469. The Morgan fingerprint density at radius 2 is 1.67 bits per heavy atom. The maximum Gasteiger partial charge on any atom is 0.210 e. The molecule has 0 saturated carbocycles. The molecular formula is C10H18NO+. The molecule has 0 aromatic carbocycles. The zero-order valence-electron chi connectivity index (χ0n) is 7.74. The Bertz CT molecular complexity index is 165. The van der Waals surface area contributed by atoms with Gasteiger partial charge in [0.2, 0.25) is 6.23 Å². The lowest BCUT2D eigenvalue weighted by atomic mass is 10.3. The van der Waals surface area contributed by atoms with Crippen molar-refractivity contribution in [1.82, 2.24) is 0 Å². The first-order valence-electron chi connectivity index (χ1n) is 3.97. The highest BCUT2D eigenvalue weighted by atomic mass is 16.3. The predicted octanol–water partition coefficient (Wildman–Crippen LogP) is 1.31. The summed E-state index contributed by atoms with van der Waals surface area (Å²) >= 11 is 0. The van der Waals surface area contributed by atoms with Gasteiger partial charge in [0.15, 0.2) is 0 Å². The molecule has 0 aliphatic heterocycles. The van der Waals surface area contributed by atoms with Crippen molar-refractivity contribution in [3.63, 3.8) is 0 Å². The summed E-state index contributed by atoms with van der Waals surface area (Å²) in [6.07, 6.45) is 4.56. The topological polar surface area (TPSA) is 20.2 Å². The number of rotatable bonds is 6. The van der Waals surface area contributed by atoms with Crippen molar-refractivity contribution in [2.45, 2.75) is 6.23 Å². The van der Waals surface area contributed by atoms with Crippen LogP contribution in [0.1, 0.15) is 0 Å². The number of likely N-dealkylation sites (N-methyl/N-ethyl adjacent to an activating group) is 1. The van der Waals surface area contributed by atoms with Gasteiger partial charge in [-0.15, -0.1) is 0 Å². The molecule has 0 heterocycles. The van der Waals surface area contributed by atoms with E-state index in [0.717, 1.165) is 0 Å². The minimum atomic E-state index is -0.555. The van der Waals surface area contributed by atoms with E-state index < -0.39 is 6.23 Å². The number of hydrogen-bond donors (Lipinski definition) is 1. The molecule has 0 aliphatic rings. The summed E-state index contributed by atoms with van der Waals surface area (Å²) in [5.41, 5.74) is 0. The van der Waals surface area contributed by atoms with E-state index in [2.05, 4.69) is 19.7 Å². The van der Waals surface area contributed by atoms with Crippen LogP contribution in [0.4, 0.5) is 0 Å². The molecular weight excluding hydrogens is 150 g/mol. The average molecular weight is 168 g/mol. The fourth-order valence-corrected chi connectivity index (χ4v) is 1.13. The minimum absolute atomic E-state index is 0.469. The van der Waals surface area contributed by atoms with Gasteiger partial charge in [-0.05, 0) is 18.2 Å². The highest BCUT2D eigenvalue weighted by Gasteiger charge is 2.25. The SMILES string of the molecule is C=CC[N+](C)(CC=C)C(O)C=C. The van der Waals surface area contributed by atoms with E-state index in [1.807, 2.05) is 7.05 Å². The second-order valence-corrected chi connectivity index (χ2v) is 3.07. The Kier molecular flexibility index (Phi) is 4.55. The predicted molar refractivity (Wildman–Crippen MR) is 52.5 cm³/mol. The van der Waals surface area contributed by atoms with Crippen LogP contribution in [0.2, 0.25) is 0 Å². The Morgan fingerprint density at radius 1 is 1.25 bits per heavy atom. The summed E-state index contributed by atoms with van der Waals surface area (Å²) in [5.74, 6) is 0. The molecule has 0 amide bonds. The molecule has 0 rings (SSSR count). The maximum atomic E-state index is 9.60. The van der Waals surface area contributed by atoms with Gasteiger partial charge in [0.1, 0.15) is 0 Å².